The van der Waals surface area contributed by atoms with E-state index in [0.717, 1.165) is 44.5 Å². The van der Waals surface area contributed by atoms with Crippen LogP contribution in [0.4, 0.5) is 0 Å². The number of methoxy groups -OCH3 is 1. The van der Waals surface area contributed by atoms with Gasteiger partial charge >= 0.3 is 0 Å². The second-order valence-electron chi connectivity index (χ2n) is 6.64. The lowest BCUT2D eigenvalue weighted by molar-refractivity contribution is 0.0698. The average Bonchev–Trinajstić information content (AvgIpc) is 3.17. The van der Waals surface area contributed by atoms with Crippen molar-refractivity contribution in [3.05, 3.63) is 22.4 Å². The lowest BCUT2D eigenvalue weighted by Crippen LogP contribution is -2.43. The highest BCUT2D eigenvalue weighted by atomic mass is 32.1. The predicted octanol–water partition coefficient (Wildman–Crippen LogP) is 2.18. The number of nitrogens with one attached hydrogen (secondary N) is 2. The minimum absolute atomic E-state index is 0.656. The van der Waals surface area contributed by atoms with E-state index in [1.54, 1.807) is 7.11 Å². The molecule has 1 aliphatic heterocycles. The van der Waals surface area contributed by atoms with Crippen molar-refractivity contribution in [2.45, 2.75) is 25.8 Å². The molecule has 0 amide bonds. The van der Waals surface area contributed by atoms with Crippen LogP contribution in [0.15, 0.2) is 22.5 Å². The smallest absolute Gasteiger partial charge is 0.190 e. The molecule has 2 heterocycles. The average molecular weight is 383 g/mol. The first-order valence-electron chi connectivity index (χ1n) is 9.57. The van der Waals surface area contributed by atoms with Gasteiger partial charge in [-0.05, 0) is 49.7 Å². The van der Waals surface area contributed by atoms with E-state index in [1.807, 2.05) is 18.4 Å². The third kappa shape index (κ3) is 8.49. The van der Waals surface area contributed by atoms with Crippen molar-refractivity contribution in [1.82, 2.24) is 15.5 Å². The molecule has 0 saturated carbocycles. The molecule has 1 aromatic rings. The zero-order chi connectivity index (χ0) is 18.5. The van der Waals surface area contributed by atoms with Gasteiger partial charge in [0.1, 0.15) is 0 Å². The highest BCUT2D eigenvalue weighted by Crippen LogP contribution is 2.20. The molecule has 0 bridgehead atoms. The molecule has 1 saturated heterocycles. The highest BCUT2D eigenvalue weighted by Gasteiger charge is 2.19. The fourth-order valence-corrected chi connectivity index (χ4v) is 3.80. The minimum atomic E-state index is 0.656. The van der Waals surface area contributed by atoms with Crippen molar-refractivity contribution in [1.29, 1.82) is 0 Å². The summed E-state index contributed by atoms with van der Waals surface area (Å²) < 4.78 is 10.4. The topological polar surface area (TPSA) is 58.1 Å². The number of rotatable bonds is 11. The summed E-state index contributed by atoms with van der Waals surface area (Å²) in [6, 6.07) is 4.37. The molecular weight excluding hydrogens is 348 g/mol. The molecule has 7 heteroatoms. The first-order chi connectivity index (χ1) is 12.8. The standard InChI is InChI=1S/C19H34N4O2S/c1-20-19(21-8-4-11-25-13-12-24-2)22-15-17-6-9-23(10-7-17)16-18-5-3-14-26-18/h3,5,14,17H,4,6-13,15-16H2,1-2H3,(H2,20,21,22). The van der Waals surface area contributed by atoms with Gasteiger partial charge < -0.3 is 20.1 Å². The number of likely N-dealkylation sites (tertiary alicyclic amines) is 1. The fourth-order valence-electron chi connectivity index (χ4n) is 3.06. The van der Waals surface area contributed by atoms with E-state index in [0.29, 0.717) is 13.2 Å². The molecule has 0 radical (unpaired) electrons. The second-order valence-corrected chi connectivity index (χ2v) is 7.67. The van der Waals surface area contributed by atoms with Crippen molar-refractivity contribution in [2.75, 3.05) is 60.2 Å². The van der Waals surface area contributed by atoms with E-state index in [-0.39, 0.29) is 0 Å². The van der Waals surface area contributed by atoms with E-state index >= 15 is 0 Å². The number of nitrogens with zero attached hydrogens (tertiary/aromatic N) is 2. The van der Waals surface area contributed by atoms with Crippen molar-refractivity contribution in [3.8, 4) is 0 Å². The van der Waals surface area contributed by atoms with Crippen molar-refractivity contribution in [3.63, 3.8) is 0 Å². The number of aliphatic imine (C=N–C) groups is 1. The first-order valence-corrected chi connectivity index (χ1v) is 10.5. The molecule has 0 atom stereocenters. The second kappa shape index (κ2) is 13.1. The summed E-state index contributed by atoms with van der Waals surface area (Å²) in [5.74, 6) is 1.62. The normalized spacial score (nSPS) is 16.8. The zero-order valence-electron chi connectivity index (χ0n) is 16.2. The molecule has 26 heavy (non-hydrogen) atoms. The number of ether oxygens (including phenoxy) is 2. The molecular formula is C19H34N4O2S. The zero-order valence-corrected chi connectivity index (χ0v) is 17.0. The highest BCUT2D eigenvalue weighted by molar-refractivity contribution is 7.09. The summed E-state index contributed by atoms with van der Waals surface area (Å²) in [6.45, 7) is 7.41. The summed E-state index contributed by atoms with van der Waals surface area (Å²) in [5.41, 5.74) is 0. The van der Waals surface area contributed by atoms with Gasteiger partial charge in [-0.3, -0.25) is 9.89 Å². The number of hydrogen-bond acceptors (Lipinski definition) is 5. The molecule has 1 fully saturated rings. The van der Waals surface area contributed by atoms with Gasteiger partial charge in [0.25, 0.3) is 0 Å². The van der Waals surface area contributed by atoms with Crippen LogP contribution in [0.3, 0.4) is 0 Å². The van der Waals surface area contributed by atoms with E-state index in [1.165, 1.54) is 30.8 Å². The van der Waals surface area contributed by atoms with Gasteiger partial charge in [0.15, 0.2) is 5.96 Å². The first kappa shape index (κ1) is 21.2. The van der Waals surface area contributed by atoms with E-state index < -0.39 is 0 Å². The molecule has 0 aliphatic carbocycles. The fraction of sp³-hybridized carbons (Fsp3) is 0.737. The van der Waals surface area contributed by atoms with Gasteiger partial charge in [0.05, 0.1) is 13.2 Å². The van der Waals surface area contributed by atoms with Gasteiger partial charge in [0, 0.05) is 45.3 Å². The van der Waals surface area contributed by atoms with Crippen LogP contribution in [0, 0.1) is 5.92 Å². The third-order valence-electron chi connectivity index (χ3n) is 4.64. The Balaban J connectivity index is 1.52. The monoisotopic (exact) mass is 382 g/mol. The quantitative estimate of drug-likeness (QED) is 0.349. The molecule has 2 N–H and O–H groups in total. The van der Waals surface area contributed by atoms with Gasteiger partial charge in [0.2, 0.25) is 0 Å². The lowest BCUT2D eigenvalue weighted by Gasteiger charge is -2.32. The van der Waals surface area contributed by atoms with Gasteiger partial charge in [-0.1, -0.05) is 6.07 Å². The van der Waals surface area contributed by atoms with Crippen molar-refractivity contribution < 1.29 is 9.47 Å². The van der Waals surface area contributed by atoms with Crippen LogP contribution in [-0.2, 0) is 16.0 Å². The van der Waals surface area contributed by atoms with E-state index in [2.05, 4.69) is 38.0 Å². The molecule has 1 aromatic heterocycles. The summed E-state index contributed by atoms with van der Waals surface area (Å²) in [6.07, 6.45) is 3.47. The van der Waals surface area contributed by atoms with Crippen molar-refractivity contribution in [2.24, 2.45) is 10.9 Å². The minimum Gasteiger partial charge on any atom is -0.382 e. The summed E-state index contributed by atoms with van der Waals surface area (Å²) in [7, 11) is 3.52. The molecule has 1 aliphatic rings. The number of thiophene rings is 1. The Morgan fingerprint density at radius 2 is 2.12 bits per heavy atom. The van der Waals surface area contributed by atoms with Crippen LogP contribution in [0.2, 0.25) is 0 Å². The van der Waals surface area contributed by atoms with Gasteiger partial charge in [-0.15, -0.1) is 11.3 Å². The molecule has 148 valence electrons. The summed E-state index contributed by atoms with van der Waals surface area (Å²) >= 11 is 1.86. The Morgan fingerprint density at radius 3 is 2.81 bits per heavy atom. The Bertz CT molecular complexity index is 488. The van der Waals surface area contributed by atoms with Crippen LogP contribution in [0.25, 0.3) is 0 Å². The largest absolute Gasteiger partial charge is 0.382 e. The lowest BCUT2D eigenvalue weighted by atomic mass is 9.97. The summed E-state index contributed by atoms with van der Waals surface area (Å²) in [4.78, 5) is 8.35. The Hall–Kier alpha value is -1.15. The van der Waals surface area contributed by atoms with Crippen LogP contribution >= 0.6 is 11.3 Å². The van der Waals surface area contributed by atoms with Crippen LogP contribution in [0.5, 0.6) is 0 Å². The molecule has 2 rings (SSSR count). The maximum atomic E-state index is 5.46. The molecule has 0 aromatic carbocycles. The Kier molecular flexibility index (Phi) is 10.6. The maximum absolute atomic E-state index is 5.46. The maximum Gasteiger partial charge on any atom is 0.190 e. The van der Waals surface area contributed by atoms with E-state index in [4.69, 9.17) is 9.47 Å². The van der Waals surface area contributed by atoms with Crippen LogP contribution in [0.1, 0.15) is 24.1 Å². The third-order valence-corrected chi connectivity index (χ3v) is 5.50. The number of hydrogen-bond donors (Lipinski definition) is 2. The van der Waals surface area contributed by atoms with E-state index in [9.17, 15) is 0 Å². The van der Waals surface area contributed by atoms with Gasteiger partial charge in [-0.2, -0.15) is 0 Å². The molecule has 0 unspecified atom stereocenters. The molecule has 0 spiro atoms. The van der Waals surface area contributed by atoms with Crippen molar-refractivity contribution >= 4 is 17.3 Å². The Labute approximate surface area is 162 Å². The number of piperidine rings is 1. The summed E-state index contributed by atoms with van der Waals surface area (Å²) in [5, 5.41) is 8.99. The Morgan fingerprint density at radius 1 is 1.27 bits per heavy atom. The van der Waals surface area contributed by atoms with Crippen LogP contribution in [-0.4, -0.2) is 71.0 Å². The van der Waals surface area contributed by atoms with Crippen LogP contribution < -0.4 is 10.6 Å². The molecule has 6 nitrogen and oxygen atoms in total. The number of guanidine groups is 1. The van der Waals surface area contributed by atoms with Gasteiger partial charge in [-0.25, -0.2) is 0 Å². The SMILES string of the molecule is CN=C(NCCCOCCOC)NCC1CCN(Cc2cccs2)CC1. The predicted molar refractivity (Wildman–Crippen MR) is 109 cm³/mol.